The van der Waals surface area contributed by atoms with Crippen LogP contribution in [0.3, 0.4) is 0 Å². The fraction of sp³-hybridized carbons (Fsp3) is 0.0625. The molecule has 3 nitrogen and oxygen atoms in total. The molecule has 0 heterocycles. The Hall–Kier alpha value is -2.20. The Morgan fingerprint density at radius 1 is 0.900 bits per heavy atom. The molecule has 0 aliphatic carbocycles. The predicted molar refractivity (Wildman–Crippen MR) is 79.0 cm³/mol. The van der Waals surface area contributed by atoms with Crippen LogP contribution in [-0.2, 0) is 14.6 Å². The lowest BCUT2D eigenvalue weighted by Crippen LogP contribution is -2.14. The maximum Gasteiger partial charge on any atom is 0.185 e. The van der Waals surface area contributed by atoms with Crippen molar-refractivity contribution in [3.8, 4) is 0 Å². The summed E-state index contributed by atoms with van der Waals surface area (Å²) in [6.45, 7) is 0. The normalized spacial score (nSPS) is 11.6. The lowest BCUT2D eigenvalue weighted by molar-refractivity contribution is -0.112. The van der Waals surface area contributed by atoms with Crippen LogP contribution in [0.2, 0.25) is 0 Å². The van der Waals surface area contributed by atoms with Gasteiger partial charge in [0, 0.05) is 0 Å². The molecule has 0 amide bonds. The molecule has 0 aromatic heterocycles. The van der Waals surface area contributed by atoms with Gasteiger partial charge < -0.3 is 0 Å². The van der Waals surface area contributed by atoms with Gasteiger partial charge in [-0.25, -0.2) is 8.42 Å². The molecular weight excluding hydrogens is 272 g/mol. The molecule has 2 aromatic rings. The minimum absolute atomic E-state index is 0.168. The second-order valence-corrected chi connectivity index (χ2v) is 6.27. The number of sulfone groups is 1. The van der Waals surface area contributed by atoms with Crippen LogP contribution < -0.4 is 0 Å². The molecule has 0 spiro atoms. The van der Waals surface area contributed by atoms with Gasteiger partial charge in [0.1, 0.15) is 5.75 Å². The first-order valence-corrected chi connectivity index (χ1v) is 7.77. The molecule has 2 aromatic carbocycles. The maximum atomic E-state index is 12.0. The molecule has 2 rings (SSSR count). The van der Waals surface area contributed by atoms with Crippen molar-refractivity contribution < 1.29 is 13.2 Å². The van der Waals surface area contributed by atoms with E-state index in [2.05, 4.69) is 0 Å². The van der Waals surface area contributed by atoms with E-state index < -0.39 is 21.4 Å². The molecule has 20 heavy (non-hydrogen) atoms. The molecule has 0 aliphatic rings. The third-order valence-electron chi connectivity index (χ3n) is 2.70. The zero-order chi connectivity index (χ0) is 14.4. The first-order valence-electron chi connectivity index (χ1n) is 6.12. The van der Waals surface area contributed by atoms with Crippen molar-refractivity contribution in [1.29, 1.82) is 0 Å². The van der Waals surface area contributed by atoms with E-state index in [1.54, 1.807) is 24.3 Å². The highest BCUT2D eigenvalue weighted by molar-refractivity contribution is 7.92. The Bertz CT molecular complexity index is 702. The summed E-state index contributed by atoms with van der Waals surface area (Å²) in [5.41, 5.74) is 0.859. The number of benzene rings is 2. The Morgan fingerprint density at radius 2 is 1.45 bits per heavy atom. The van der Waals surface area contributed by atoms with Crippen LogP contribution in [0.25, 0.3) is 6.08 Å². The van der Waals surface area contributed by atoms with Gasteiger partial charge in [0.2, 0.25) is 0 Å². The molecule has 0 saturated heterocycles. The van der Waals surface area contributed by atoms with Crippen molar-refractivity contribution in [3.05, 3.63) is 72.3 Å². The summed E-state index contributed by atoms with van der Waals surface area (Å²) in [5.74, 6) is -0.946. The highest BCUT2D eigenvalue weighted by Gasteiger charge is 2.17. The molecule has 0 radical (unpaired) electrons. The van der Waals surface area contributed by atoms with Crippen molar-refractivity contribution in [2.24, 2.45) is 0 Å². The van der Waals surface area contributed by atoms with Gasteiger partial charge in [-0.3, -0.25) is 4.79 Å². The monoisotopic (exact) mass is 286 g/mol. The van der Waals surface area contributed by atoms with Crippen molar-refractivity contribution in [1.82, 2.24) is 0 Å². The Kier molecular flexibility index (Phi) is 4.48. The zero-order valence-corrected chi connectivity index (χ0v) is 11.6. The molecule has 0 bridgehead atoms. The number of ketones is 1. The summed E-state index contributed by atoms with van der Waals surface area (Å²) >= 11 is 0. The number of hydrogen-bond acceptors (Lipinski definition) is 3. The van der Waals surface area contributed by atoms with Crippen LogP contribution in [0.5, 0.6) is 0 Å². The average molecular weight is 286 g/mol. The van der Waals surface area contributed by atoms with Crippen LogP contribution >= 0.6 is 0 Å². The summed E-state index contributed by atoms with van der Waals surface area (Å²) in [6.07, 6.45) is 2.92. The predicted octanol–water partition coefficient (Wildman–Crippen LogP) is 2.74. The summed E-state index contributed by atoms with van der Waals surface area (Å²) in [6, 6.07) is 17.2. The molecule has 0 saturated carbocycles. The Morgan fingerprint density at radius 3 is 2.05 bits per heavy atom. The summed E-state index contributed by atoms with van der Waals surface area (Å²) < 4.78 is 24.0. The fourth-order valence-electron chi connectivity index (χ4n) is 1.70. The van der Waals surface area contributed by atoms with Gasteiger partial charge in [0.25, 0.3) is 0 Å². The first-order chi connectivity index (χ1) is 9.58. The van der Waals surface area contributed by atoms with Crippen LogP contribution in [0.4, 0.5) is 0 Å². The number of carbonyl (C=O) groups is 1. The first kappa shape index (κ1) is 14.2. The molecule has 102 valence electrons. The highest BCUT2D eigenvalue weighted by atomic mass is 32.2. The van der Waals surface area contributed by atoms with Crippen molar-refractivity contribution in [3.63, 3.8) is 0 Å². The van der Waals surface area contributed by atoms with Crippen LogP contribution in [0.1, 0.15) is 5.56 Å². The summed E-state index contributed by atoms with van der Waals surface area (Å²) in [7, 11) is -3.56. The molecule has 0 unspecified atom stereocenters. The largest absolute Gasteiger partial charge is 0.294 e. The van der Waals surface area contributed by atoms with Gasteiger partial charge in [-0.2, -0.15) is 0 Å². The zero-order valence-electron chi connectivity index (χ0n) is 10.8. The molecule has 0 fully saturated rings. The van der Waals surface area contributed by atoms with Crippen LogP contribution in [-0.4, -0.2) is 20.0 Å². The lowest BCUT2D eigenvalue weighted by Gasteiger charge is -2.01. The minimum Gasteiger partial charge on any atom is -0.294 e. The molecule has 0 atom stereocenters. The average Bonchev–Trinajstić information content (AvgIpc) is 2.47. The Labute approximate surface area is 118 Å². The second-order valence-electron chi connectivity index (χ2n) is 4.28. The fourth-order valence-corrected chi connectivity index (χ4v) is 2.91. The van der Waals surface area contributed by atoms with Gasteiger partial charge in [0.05, 0.1) is 4.90 Å². The third-order valence-corrected chi connectivity index (χ3v) is 4.35. The number of rotatable bonds is 5. The standard InChI is InChI=1S/C16H14O3S/c17-15(12-11-14-7-3-1-4-8-14)13-20(18,19)16-9-5-2-6-10-16/h1-12H,13H2. The molecular formula is C16H14O3S. The number of allylic oxidation sites excluding steroid dienone is 1. The molecule has 0 N–H and O–H groups in total. The minimum atomic E-state index is -3.56. The quantitative estimate of drug-likeness (QED) is 0.794. The van der Waals surface area contributed by atoms with E-state index in [0.29, 0.717) is 0 Å². The van der Waals surface area contributed by atoms with Gasteiger partial charge >= 0.3 is 0 Å². The number of carbonyl (C=O) groups excluding carboxylic acids is 1. The van der Waals surface area contributed by atoms with E-state index in [1.165, 1.54) is 18.2 Å². The lowest BCUT2D eigenvalue weighted by atomic mass is 10.2. The van der Waals surface area contributed by atoms with E-state index in [-0.39, 0.29) is 4.90 Å². The second kappa shape index (κ2) is 6.30. The van der Waals surface area contributed by atoms with Crippen LogP contribution in [0, 0.1) is 0 Å². The van der Waals surface area contributed by atoms with E-state index in [9.17, 15) is 13.2 Å². The van der Waals surface area contributed by atoms with E-state index in [1.807, 2.05) is 30.3 Å². The summed E-state index contributed by atoms with van der Waals surface area (Å²) in [4.78, 5) is 11.9. The SMILES string of the molecule is O=C(C=Cc1ccccc1)CS(=O)(=O)c1ccccc1. The molecule has 4 heteroatoms. The highest BCUT2D eigenvalue weighted by Crippen LogP contribution is 2.10. The van der Waals surface area contributed by atoms with E-state index >= 15 is 0 Å². The third kappa shape index (κ3) is 3.90. The smallest absolute Gasteiger partial charge is 0.185 e. The Balaban J connectivity index is 2.07. The summed E-state index contributed by atoms with van der Waals surface area (Å²) in [5, 5.41) is 0. The van der Waals surface area contributed by atoms with Gasteiger partial charge in [0.15, 0.2) is 15.6 Å². The molecule has 0 aliphatic heterocycles. The van der Waals surface area contributed by atoms with Crippen LogP contribution in [0.15, 0.2) is 71.6 Å². The van der Waals surface area contributed by atoms with Crippen molar-refractivity contribution in [2.45, 2.75) is 4.90 Å². The number of hydrogen-bond donors (Lipinski definition) is 0. The van der Waals surface area contributed by atoms with E-state index in [0.717, 1.165) is 5.56 Å². The van der Waals surface area contributed by atoms with Crippen molar-refractivity contribution >= 4 is 21.7 Å². The van der Waals surface area contributed by atoms with Gasteiger partial charge in [-0.05, 0) is 23.8 Å². The topological polar surface area (TPSA) is 51.2 Å². The van der Waals surface area contributed by atoms with Crippen molar-refractivity contribution in [2.75, 3.05) is 5.75 Å². The maximum absolute atomic E-state index is 12.0. The van der Waals surface area contributed by atoms with Gasteiger partial charge in [-0.15, -0.1) is 0 Å². The van der Waals surface area contributed by atoms with Gasteiger partial charge in [-0.1, -0.05) is 54.6 Å². The van der Waals surface area contributed by atoms with E-state index in [4.69, 9.17) is 0 Å².